The molecule has 4 rings (SSSR count). The fourth-order valence-electron chi connectivity index (χ4n) is 4.01. The third-order valence-corrected chi connectivity index (χ3v) is 6.03. The molecule has 0 atom stereocenters. The van der Waals surface area contributed by atoms with Gasteiger partial charge >= 0.3 is 0 Å². The van der Waals surface area contributed by atoms with Gasteiger partial charge in [0, 0.05) is 53.4 Å². The third-order valence-electron chi connectivity index (χ3n) is 6.03. The molecule has 0 radical (unpaired) electrons. The Labute approximate surface area is 178 Å². The van der Waals surface area contributed by atoms with Gasteiger partial charge in [-0.15, -0.1) is 0 Å². The molecule has 0 spiro atoms. The molecule has 5 heteroatoms. The molecule has 2 fully saturated rings. The van der Waals surface area contributed by atoms with Gasteiger partial charge in [-0.2, -0.15) is 0 Å². The van der Waals surface area contributed by atoms with E-state index in [4.69, 9.17) is 5.41 Å². The van der Waals surface area contributed by atoms with Crippen molar-refractivity contribution in [1.82, 2.24) is 9.88 Å². The smallest absolute Gasteiger partial charge is 0.255 e. The second kappa shape index (κ2) is 8.82. The van der Waals surface area contributed by atoms with Crippen molar-refractivity contribution >= 4 is 17.3 Å². The van der Waals surface area contributed by atoms with Crippen molar-refractivity contribution in [2.45, 2.75) is 51.9 Å². The van der Waals surface area contributed by atoms with E-state index < -0.39 is 0 Å². The third kappa shape index (κ3) is 4.78. The number of carbonyl (C=O) groups is 1. The van der Waals surface area contributed by atoms with Gasteiger partial charge in [-0.3, -0.25) is 9.78 Å². The molecule has 1 aliphatic carbocycles. The number of benzene rings is 1. The van der Waals surface area contributed by atoms with Crippen LogP contribution >= 0.6 is 0 Å². The summed E-state index contributed by atoms with van der Waals surface area (Å²) in [5.41, 5.74) is 5.83. The first kappa shape index (κ1) is 20.3. The van der Waals surface area contributed by atoms with Crippen molar-refractivity contribution in [2.24, 2.45) is 0 Å². The summed E-state index contributed by atoms with van der Waals surface area (Å²) < 4.78 is 0. The first-order chi connectivity index (χ1) is 14.5. The van der Waals surface area contributed by atoms with Crippen molar-refractivity contribution in [3.8, 4) is 0 Å². The van der Waals surface area contributed by atoms with Crippen LogP contribution < -0.4 is 5.32 Å². The molecule has 2 aromatic rings. The molecule has 1 aliphatic heterocycles. The average molecular weight is 403 g/mol. The highest BCUT2D eigenvalue weighted by atomic mass is 16.1. The summed E-state index contributed by atoms with van der Waals surface area (Å²) in [5.74, 6) is 0.375. The van der Waals surface area contributed by atoms with E-state index in [1.807, 2.05) is 37.3 Å². The molecular weight excluding hydrogens is 372 g/mol. The number of nitrogens with zero attached hydrogens (tertiary/aromatic N) is 2. The zero-order chi connectivity index (χ0) is 21.1. The highest BCUT2D eigenvalue weighted by Crippen LogP contribution is 2.39. The van der Waals surface area contributed by atoms with E-state index in [0.29, 0.717) is 22.9 Å². The maximum absolute atomic E-state index is 12.7. The Morgan fingerprint density at radius 3 is 2.67 bits per heavy atom. The fourth-order valence-corrected chi connectivity index (χ4v) is 4.01. The van der Waals surface area contributed by atoms with Crippen LogP contribution in [0.25, 0.3) is 0 Å². The van der Waals surface area contributed by atoms with Gasteiger partial charge in [-0.05, 0) is 81.9 Å². The van der Waals surface area contributed by atoms with Crippen LogP contribution in [0.4, 0.5) is 5.69 Å². The van der Waals surface area contributed by atoms with Crippen molar-refractivity contribution in [3.63, 3.8) is 0 Å². The largest absolute Gasteiger partial charge is 0.375 e. The number of nitrogens with one attached hydrogen (secondary N) is 2. The summed E-state index contributed by atoms with van der Waals surface area (Å²) in [6.07, 6.45) is 9.71. The standard InChI is InChI=1S/C25H30N4O/c1-17-6-9-21(28-25(30)20-10-11-27-24(15-20)19-7-8-19)16-22(17)23(26)14-18(2)29-12-4-3-5-13-29/h6,9-11,14-16,19,26H,3-5,7-8,12-13H2,1-2H3,(H,28,30)/b18-14+,26-23?. The summed E-state index contributed by atoms with van der Waals surface area (Å²) >= 11 is 0. The second-order valence-electron chi connectivity index (χ2n) is 8.47. The Kier molecular flexibility index (Phi) is 5.98. The number of amides is 1. The van der Waals surface area contributed by atoms with Crippen LogP contribution in [0.3, 0.4) is 0 Å². The van der Waals surface area contributed by atoms with Crippen LogP contribution in [-0.4, -0.2) is 34.6 Å². The Balaban J connectivity index is 1.49. The van der Waals surface area contributed by atoms with Crippen molar-refractivity contribution < 1.29 is 4.79 Å². The summed E-state index contributed by atoms with van der Waals surface area (Å²) in [6, 6.07) is 9.41. The molecule has 1 amide bonds. The molecule has 2 N–H and O–H groups in total. The zero-order valence-corrected chi connectivity index (χ0v) is 17.9. The van der Waals surface area contributed by atoms with Crippen LogP contribution in [-0.2, 0) is 0 Å². The van der Waals surface area contributed by atoms with Gasteiger partial charge in [-0.1, -0.05) is 6.07 Å². The van der Waals surface area contributed by atoms with Crippen LogP contribution in [0.1, 0.15) is 72.1 Å². The van der Waals surface area contributed by atoms with Gasteiger partial charge in [0.2, 0.25) is 0 Å². The molecule has 1 saturated heterocycles. The van der Waals surface area contributed by atoms with E-state index in [9.17, 15) is 4.79 Å². The van der Waals surface area contributed by atoms with Crippen molar-refractivity contribution in [1.29, 1.82) is 5.41 Å². The normalized spacial score (nSPS) is 17.0. The number of piperidine rings is 1. The lowest BCUT2D eigenvalue weighted by molar-refractivity contribution is 0.102. The first-order valence-corrected chi connectivity index (χ1v) is 10.9. The number of carbonyl (C=O) groups excluding carboxylic acids is 1. The SMILES string of the molecule is C/C(=C\C(=N)c1cc(NC(=O)c2ccnc(C3CC3)c2)ccc1C)N1CCCCC1. The predicted octanol–water partition coefficient (Wildman–Crippen LogP) is 5.28. The molecule has 5 nitrogen and oxygen atoms in total. The minimum Gasteiger partial charge on any atom is -0.375 e. The number of likely N-dealkylation sites (tertiary alicyclic amines) is 1. The van der Waals surface area contributed by atoms with Gasteiger partial charge in [0.25, 0.3) is 5.91 Å². The van der Waals surface area contributed by atoms with E-state index in [1.165, 1.54) is 19.3 Å². The Bertz CT molecular complexity index is 984. The molecule has 1 saturated carbocycles. The molecule has 1 aromatic heterocycles. The van der Waals surface area contributed by atoms with Crippen LogP contribution in [0, 0.1) is 12.3 Å². The molecular formula is C25H30N4O. The molecule has 30 heavy (non-hydrogen) atoms. The summed E-state index contributed by atoms with van der Waals surface area (Å²) in [6.45, 7) is 6.23. The zero-order valence-electron chi connectivity index (χ0n) is 17.9. The maximum Gasteiger partial charge on any atom is 0.255 e. The fraction of sp³-hybridized carbons (Fsp3) is 0.400. The quantitative estimate of drug-likeness (QED) is 0.646. The van der Waals surface area contributed by atoms with E-state index >= 15 is 0 Å². The molecule has 1 aromatic carbocycles. The van der Waals surface area contributed by atoms with Crippen molar-refractivity contribution in [2.75, 3.05) is 18.4 Å². The molecule has 0 bridgehead atoms. The number of aryl methyl sites for hydroxylation is 1. The number of aromatic nitrogens is 1. The molecule has 0 unspecified atom stereocenters. The van der Waals surface area contributed by atoms with Crippen LogP contribution in [0.2, 0.25) is 0 Å². The Hall–Kier alpha value is -2.95. The Morgan fingerprint density at radius 2 is 1.93 bits per heavy atom. The average Bonchev–Trinajstić information content (AvgIpc) is 3.61. The van der Waals surface area contributed by atoms with Crippen LogP contribution in [0.15, 0.2) is 48.3 Å². The van der Waals surface area contributed by atoms with Gasteiger partial charge in [0.1, 0.15) is 0 Å². The molecule has 2 aliphatic rings. The van der Waals surface area contributed by atoms with Gasteiger partial charge in [0.15, 0.2) is 0 Å². The Morgan fingerprint density at radius 1 is 1.17 bits per heavy atom. The number of hydrogen-bond donors (Lipinski definition) is 2. The monoisotopic (exact) mass is 402 g/mol. The van der Waals surface area contributed by atoms with E-state index in [0.717, 1.165) is 48.4 Å². The molecule has 2 heterocycles. The summed E-state index contributed by atoms with van der Waals surface area (Å²) in [7, 11) is 0. The first-order valence-electron chi connectivity index (χ1n) is 10.9. The highest BCUT2D eigenvalue weighted by molar-refractivity contribution is 6.09. The molecule has 156 valence electrons. The number of anilines is 1. The maximum atomic E-state index is 12.7. The summed E-state index contributed by atoms with van der Waals surface area (Å²) in [5, 5.41) is 11.6. The minimum atomic E-state index is -0.138. The summed E-state index contributed by atoms with van der Waals surface area (Å²) in [4.78, 5) is 19.5. The number of pyridine rings is 1. The van der Waals surface area contributed by atoms with Gasteiger partial charge in [0.05, 0.1) is 5.71 Å². The number of hydrogen-bond acceptors (Lipinski definition) is 4. The van der Waals surface area contributed by atoms with E-state index in [-0.39, 0.29) is 5.91 Å². The van der Waals surface area contributed by atoms with E-state index in [1.54, 1.807) is 12.3 Å². The second-order valence-corrected chi connectivity index (χ2v) is 8.47. The minimum absolute atomic E-state index is 0.138. The predicted molar refractivity (Wildman–Crippen MR) is 121 cm³/mol. The highest BCUT2D eigenvalue weighted by Gasteiger charge is 2.25. The van der Waals surface area contributed by atoms with Gasteiger partial charge in [-0.25, -0.2) is 0 Å². The number of rotatable bonds is 6. The van der Waals surface area contributed by atoms with Crippen LogP contribution in [0.5, 0.6) is 0 Å². The topological polar surface area (TPSA) is 69.1 Å². The lowest BCUT2D eigenvalue weighted by Gasteiger charge is -2.29. The van der Waals surface area contributed by atoms with E-state index in [2.05, 4.69) is 22.1 Å². The lowest BCUT2D eigenvalue weighted by atomic mass is 10.0. The lowest BCUT2D eigenvalue weighted by Crippen LogP contribution is -2.28. The number of allylic oxidation sites excluding steroid dienone is 2. The van der Waals surface area contributed by atoms with Gasteiger partial charge < -0.3 is 15.6 Å². The van der Waals surface area contributed by atoms with Crippen molar-refractivity contribution in [3.05, 3.63) is 70.7 Å².